The SMILES string of the molecule is [2H]c1c([2H])c(Oc2ccc3c(c2)COB3O)c([2H])c([2H])c1C#N. The van der Waals surface area contributed by atoms with Crippen molar-refractivity contribution in [1.29, 1.82) is 5.26 Å². The first-order chi connectivity index (χ1) is 10.9. The monoisotopic (exact) mass is 255 g/mol. The highest BCUT2D eigenvalue weighted by molar-refractivity contribution is 6.61. The van der Waals surface area contributed by atoms with E-state index in [9.17, 15) is 5.02 Å². The lowest BCUT2D eigenvalue weighted by molar-refractivity contribution is 0.275. The Morgan fingerprint density at radius 3 is 2.84 bits per heavy atom. The van der Waals surface area contributed by atoms with Crippen LogP contribution >= 0.6 is 0 Å². The summed E-state index contributed by atoms with van der Waals surface area (Å²) in [6.45, 7) is 0.218. The van der Waals surface area contributed by atoms with Gasteiger partial charge >= 0.3 is 7.12 Å². The van der Waals surface area contributed by atoms with Crippen LogP contribution in [0.3, 0.4) is 0 Å². The maximum Gasteiger partial charge on any atom is 0.491 e. The zero-order valence-corrected chi connectivity index (χ0v) is 9.73. The number of benzene rings is 2. The standard InChI is InChI=1S/C14H10BNO3/c16-8-10-1-3-12(4-2-10)19-13-5-6-14-11(7-13)9-18-15(14)17/h1-7,17H,9H2/i1D,2D,3D,4D. The predicted molar refractivity (Wildman–Crippen MR) is 70.1 cm³/mol. The van der Waals surface area contributed by atoms with Gasteiger partial charge in [0.15, 0.2) is 0 Å². The molecule has 0 saturated heterocycles. The highest BCUT2D eigenvalue weighted by Crippen LogP contribution is 2.23. The van der Waals surface area contributed by atoms with Gasteiger partial charge in [0.2, 0.25) is 0 Å². The third-order valence-electron chi connectivity index (χ3n) is 2.71. The van der Waals surface area contributed by atoms with Crippen molar-refractivity contribution in [3.63, 3.8) is 0 Å². The van der Waals surface area contributed by atoms with E-state index in [1.807, 2.05) is 0 Å². The first kappa shape index (κ1) is 8.00. The number of nitrogens with zero attached hydrogens (tertiary/aromatic N) is 1. The van der Waals surface area contributed by atoms with E-state index in [0.717, 1.165) is 5.56 Å². The first-order valence-corrected chi connectivity index (χ1v) is 5.54. The van der Waals surface area contributed by atoms with Crippen LogP contribution in [0.5, 0.6) is 11.5 Å². The predicted octanol–water partition coefficient (Wildman–Crippen LogP) is 1.57. The molecule has 5 heteroatoms. The number of hydrogen-bond donors (Lipinski definition) is 1. The van der Waals surface area contributed by atoms with Crippen LogP contribution in [0.15, 0.2) is 42.4 Å². The Morgan fingerprint density at radius 2 is 2.11 bits per heavy atom. The number of nitriles is 1. The van der Waals surface area contributed by atoms with Crippen LogP contribution in [0.1, 0.15) is 16.6 Å². The highest BCUT2D eigenvalue weighted by Gasteiger charge is 2.27. The molecule has 2 aromatic carbocycles. The van der Waals surface area contributed by atoms with E-state index in [0.29, 0.717) is 11.2 Å². The molecule has 0 fully saturated rings. The van der Waals surface area contributed by atoms with Gasteiger partial charge in [-0.15, -0.1) is 0 Å². The van der Waals surface area contributed by atoms with Crippen molar-refractivity contribution in [3.8, 4) is 17.6 Å². The number of hydrogen-bond acceptors (Lipinski definition) is 4. The Kier molecular flexibility index (Phi) is 2.01. The minimum Gasteiger partial charge on any atom is -0.457 e. The van der Waals surface area contributed by atoms with Gasteiger partial charge in [0.25, 0.3) is 0 Å². The summed E-state index contributed by atoms with van der Waals surface area (Å²) in [6, 6.07) is 4.71. The lowest BCUT2D eigenvalue weighted by Crippen LogP contribution is -2.27. The van der Waals surface area contributed by atoms with Gasteiger partial charge in [-0.3, -0.25) is 0 Å². The zero-order chi connectivity index (χ0) is 16.7. The summed E-state index contributed by atoms with van der Waals surface area (Å²) in [6.07, 6.45) is 0. The molecule has 0 amide bonds. The fourth-order valence-electron chi connectivity index (χ4n) is 1.80. The molecule has 0 aliphatic carbocycles. The summed E-state index contributed by atoms with van der Waals surface area (Å²) in [4.78, 5) is 0. The zero-order valence-electron chi connectivity index (χ0n) is 13.7. The fraction of sp³-hybridized carbons (Fsp3) is 0.0714. The van der Waals surface area contributed by atoms with E-state index in [1.165, 1.54) is 0 Å². The minimum atomic E-state index is -0.980. The molecule has 1 aliphatic heterocycles. The number of rotatable bonds is 2. The number of fused-ring (bicyclic) bond motifs is 1. The molecule has 0 saturated carbocycles. The average Bonchev–Trinajstić information content (AvgIpc) is 2.91. The van der Waals surface area contributed by atoms with E-state index in [4.69, 9.17) is 20.1 Å². The summed E-state index contributed by atoms with van der Waals surface area (Å²) in [5.74, 6) is 0.0466. The van der Waals surface area contributed by atoms with Crippen molar-refractivity contribution in [1.82, 2.24) is 0 Å². The molecule has 0 unspecified atom stereocenters. The van der Waals surface area contributed by atoms with Gasteiger partial charge < -0.3 is 14.4 Å². The van der Waals surface area contributed by atoms with Crippen LogP contribution in [0.25, 0.3) is 0 Å². The Labute approximate surface area is 116 Å². The van der Waals surface area contributed by atoms with E-state index >= 15 is 0 Å². The number of ether oxygens (including phenoxy) is 1. The smallest absolute Gasteiger partial charge is 0.457 e. The van der Waals surface area contributed by atoms with Crippen LogP contribution in [-0.2, 0) is 11.3 Å². The molecule has 19 heavy (non-hydrogen) atoms. The van der Waals surface area contributed by atoms with Gasteiger partial charge in [-0.25, -0.2) is 0 Å². The molecule has 1 heterocycles. The molecule has 92 valence electrons. The normalized spacial score (nSPS) is 15.9. The molecule has 0 atom stereocenters. The minimum absolute atomic E-state index is 0.218. The van der Waals surface area contributed by atoms with Gasteiger partial charge in [0, 0.05) is 0 Å². The second-order valence-electron chi connectivity index (χ2n) is 3.94. The van der Waals surface area contributed by atoms with Gasteiger partial charge in [0.1, 0.15) is 11.5 Å². The Balaban J connectivity index is 2.03. The lowest BCUT2D eigenvalue weighted by atomic mass is 9.80. The van der Waals surface area contributed by atoms with Gasteiger partial charge in [-0.2, -0.15) is 5.26 Å². The lowest BCUT2D eigenvalue weighted by Gasteiger charge is -2.07. The van der Waals surface area contributed by atoms with Gasteiger partial charge in [-0.1, -0.05) is 6.07 Å². The quantitative estimate of drug-likeness (QED) is 0.827. The van der Waals surface area contributed by atoms with E-state index in [-0.39, 0.29) is 17.9 Å². The average molecular weight is 255 g/mol. The van der Waals surface area contributed by atoms with Crippen molar-refractivity contribution in [3.05, 3.63) is 53.5 Å². The molecule has 0 spiro atoms. The summed E-state index contributed by atoms with van der Waals surface area (Å²) in [7, 11) is -0.980. The first-order valence-electron chi connectivity index (χ1n) is 7.54. The molecule has 2 aromatic rings. The summed E-state index contributed by atoms with van der Waals surface area (Å²) >= 11 is 0. The van der Waals surface area contributed by atoms with Crippen LogP contribution in [-0.4, -0.2) is 12.1 Å². The third kappa shape index (κ3) is 2.32. The Hall–Kier alpha value is -2.29. The summed E-state index contributed by atoms with van der Waals surface area (Å²) < 4.78 is 41.8. The molecule has 1 aliphatic rings. The van der Waals surface area contributed by atoms with E-state index in [1.54, 1.807) is 24.3 Å². The molecule has 1 N–H and O–H groups in total. The van der Waals surface area contributed by atoms with Crippen LogP contribution in [0.2, 0.25) is 0 Å². The molecular weight excluding hydrogens is 241 g/mol. The molecule has 0 radical (unpaired) electrons. The second kappa shape index (κ2) is 4.77. The van der Waals surface area contributed by atoms with Crippen molar-refractivity contribution >= 4 is 12.6 Å². The second-order valence-corrected chi connectivity index (χ2v) is 3.94. The summed E-state index contributed by atoms with van der Waals surface area (Å²) in [5.41, 5.74) is 1.02. The Morgan fingerprint density at radius 1 is 1.32 bits per heavy atom. The highest BCUT2D eigenvalue weighted by atomic mass is 16.5. The largest absolute Gasteiger partial charge is 0.491 e. The van der Waals surface area contributed by atoms with Crippen molar-refractivity contribution in [2.24, 2.45) is 0 Å². The molecule has 4 nitrogen and oxygen atoms in total. The van der Waals surface area contributed by atoms with Crippen LogP contribution < -0.4 is 10.2 Å². The van der Waals surface area contributed by atoms with Crippen molar-refractivity contribution in [2.75, 3.05) is 0 Å². The van der Waals surface area contributed by atoms with E-state index < -0.39 is 31.3 Å². The van der Waals surface area contributed by atoms with Crippen molar-refractivity contribution < 1.29 is 19.9 Å². The third-order valence-corrected chi connectivity index (χ3v) is 2.71. The molecule has 0 aromatic heterocycles. The van der Waals surface area contributed by atoms with E-state index in [2.05, 4.69) is 0 Å². The summed E-state index contributed by atoms with van der Waals surface area (Å²) in [5, 5.41) is 18.5. The van der Waals surface area contributed by atoms with Gasteiger partial charge in [0.05, 0.1) is 23.7 Å². The van der Waals surface area contributed by atoms with Crippen LogP contribution in [0.4, 0.5) is 0 Å². The maximum absolute atomic E-state index is 9.58. The van der Waals surface area contributed by atoms with Gasteiger partial charge in [-0.05, 0) is 47.3 Å². The maximum atomic E-state index is 9.58. The van der Waals surface area contributed by atoms with Crippen LogP contribution in [0, 0.1) is 11.3 Å². The molecule has 0 bridgehead atoms. The Bertz CT molecular complexity index is 824. The topological polar surface area (TPSA) is 62.5 Å². The molecular formula is C14H10BNO3. The van der Waals surface area contributed by atoms with Crippen molar-refractivity contribution in [2.45, 2.75) is 6.61 Å². The fourth-order valence-corrected chi connectivity index (χ4v) is 1.80. The molecule has 3 rings (SSSR count).